The van der Waals surface area contributed by atoms with Crippen LogP contribution in [0.5, 0.6) is 0 Å². The molecule has 1 saturated carbocycles. The van der Waals surface area contributed by atoms with Gasteiger partial charge in [-0.05, 0) is 41.0 Å². The summed E-state index contributed by atoms with van der Waals surface area (Å²) < 4.78 is 5.55. The van der Waals surface area contributed by atoms with Gasteiger partial charge in [-0.1, -0.05) is 55.5 Å². The number of hydrogen-bond donors (Lipinski definition) is 2. The molecular formula is C26H28N2O5. The predicted octanol–water partition coefficient (Wildman–Crippen LogP) is 3.48. The third-order valence-corrected chi connectivity index (χ3v) is 7.52. The van der Waals surface area contributed by atoms with Crippen molar-refractivity contribution in [3.05, 3.63) is 59.7 Å². The van der Waals surface area contributed by atoms with Gasteiger partial charge < -0.3 is 20.1 Å². The molecule has 2 atom stereocenters. The van der Waals surface area contributed by atoms with Gasteiger partial charge in [-0.15, -0.1) is 0 Å². The number of hydrogen-bond acceptors (Lipinski definition) is 4. The van der Waals surface area contributed by atoms with E-state index in [4.69, 9.17) is 4.74 Å². The van der Waals surface area contributed by atoms with E-state index in [1.54, 1.807) is 4.90 Å². The second-order valence-electron chi connectivity index (χ2n) is 9.44. The molecule has 1 heterocycles. The quantitative estimate of drug-likeness (QED) is 0.676. The molecule has 0 spiro atoms. The highest BCUT2D eigenvalue weighted by atomic mass is 16.5. The zero-order valence-corrected chi connectivity index (χ0v) is 18.6. The standard InChI is InChI=1S/C26H28N2O5/c1-2-26(24(30)31)14-28(15-26)23(29)21-11-16(21)12-27-25(32)33-13-22-19-9-5-3-7-17(19)18-8-4-6-10-20(18)22/h3-10,16,21-22H,2,11-15H2,1H3,(H,27,32)(H,30,31). The minimum atomic E-state index is -0.835. The number of carbonyl (C=O) groups is 3. The Morgan fingerprint density at radius 2 is 1.67 bits per heavy atom. The van der Waals surface area contributed by atoms with Crippen LogP contribution in [0.2, 0.25) is 0 Å². The molecule has 0 aromatic heterocycles. The Bertz CT molecular complexity index is 1060. The summed E-state index contributed by atoms with van der Waals surface area (Å²) in [6.45, 7) is 3.04. The van der Waals surface area contributed by atoms with Crippen molar-refractivity contribution < 1.29 is 24.2 Å². The normalized spacial score (nSPS) is 22.0. The number of alkyl carbamates (subject to hydrolysis) is 1. The highest BCUT2D eigenvalue weighted by Gasteiger charge is 2.54. The van der Waals surface area contributed by atoms with E-state index in [0.29, 0.717) is 19.4 Å². The summed E-state index contributed by atoms with van der Waals surface area (Å²) in [5, 5.41) is 12.2. The zero-order chi connectivity index (χ0) is 23.2. The molecule has 0 bridgehead atoms. The van der Waals surface area contributed by atoms with Gasteiger partial charge in [-0.25, -0.2) is 4.79 Å². The van der Waals surface area contributed by atoms with Crippen molar-refractivity contribution in [3.8, 4) is 11.1 Å². The molecule has 2 aromatic carbocycles. The Morgan fingerprint density at radius 1 is 1.06 bits per heavy atom. The van der Waals surface area contributed by atoms with Gasteiger partial charge in [0, 0.05) is 31.5 Å². The molecule has 1 aliphatic heterocycles. The van der Waals surface area contributed by atoms with Crippen molar-refractivity contribution in [2.45, 2.75) is 25.7 Å². The third kappa shape index (κ3) is 3.75. The van der Waals surface area contributed by atoms with Crippen molar-refractivity contribution in [3.63, 3.8) is 0 Å². The Kier molecular flexibility index (Phi) is 5.35. The Labute approximate surface area is 192 Å². The molecule has 2 aromatic rings. The third-order valence-electron chi connectivity index (χ3n) is 7.52. The van der Waals surface area contributed by atoms with E-state index in [1.165, 1.54) is 22.3 Å². The van der Waals surface area contributed by atoms with E-state index >= 15 is 0 Å². The largest absolute Gasteiger partial charge is 0.481 e. The van der Waals surface area contributed by atoms with Gasteiger partial charge in [0.15, 0.2) is 0 Å². The van der Waals surface area contributed by atoms with Crippen molar-refractivity contribution in [2.75, 3.05) is 26.2 Å². The van der Waals surface area contributed by atoms with Gasteiger partial charge >= 0.3 is 12.1 Å². The van der Waals surface area contributed by atoms with Crippen LogP contribution in [0.4, 0.5) is 4.79 Å². The fraction of sp³-hybridized carbons (Fsp3) is 0.423. The lowest BCUT2D eigenvalue weighted by Gasteiger charge is -2.47. The van der Waals surface area contributed by atoms with Crippen LogP contribution in [0.25, 0.3) is 11.1 Å². The average molecular weight is 449 g/mol. The number of aliphatic carboxylic acids is 1. The van der Waals surface area contributed by atoms with E-state index in [-0.39, 0.29) is 43.4 Å². The van der Waals surface area contributed by atoms with Gasteiger partial charge in [0.05, 0.1) is 0 Å². The lowest BCUT2D eigenvalue weighted by atomic mass is 9.77. The molecule has 2 amide bonds. The van der Waals surface area contributed by atoms with Crippen LogP contribution in [0.3, 0.4) is 0 Å². The monoisotopic (exact) mass is 448 g/mol. The molecule has 7 heteroatoms. The summed E-state index contributed by atoms with van der Waals surface area (Å²) in [5.41, 5.74) is 3.90. The number of fused-ring (bicyclic) bond motifs is 3. The number of likely N-dealkylation sites (tertiary alicyclic amines) is 1. The highest BCUT2D eigenvalue weighted by Crippen LogP contribution is 2.45. The molecule has 0 radical (unpaired) electrons. The van der Waals surface area contributed by atoms with Gasteiger partial charge in [0.25, 0.3) is 0 Å². The van der Waals surface area contributed by atoms with Crippen LogP contribution in [0.15, 0.2) is 48.5 Å². The predicted molar refractivity (Wildman–Crippen MR) is 122 cm³/mol. The first-order chi connectivity index (χ1) is 15.9. The van der Waals surface area contributed by atoms with Crippen LogP contribution in [0, 0.1) is 17.3 Å². The van der Waals surface area contributed by atoms with Gasteiger partial charge in [0.2, 0.25) is 5.91 Å². The molecular weight excluding hydrogens is 420 g/mol. The summed E-state index contributed by atoms with van der Waals surface area (Å²) in [7, 11) is 0. The minimum absolute atomic E-state index is 0.000313. The summed E-state index contributed by atoms with van der Waals surface area (Å²) in [6, 6.07) is 16.4. The number of ether oxygens (including phenoxy) is 1. The zero-order valence-electron chi connectivity index (χ0n) is 18.6. The number of rotatable bonds is 7. The second kappa shape index (κ2) is 8.21. The van der Waals surface area contributed by atoms with Crippen molar-refractivity contribution in [2.24, 2.45) is 17.3 Å². The molecule has 5 rings (SSSR count). The molecule has 2 aliphatic carbocycles. The number of carboxylic acid groups (broad SMARTS) is 1. The number of carboxylic acids is 1. The maximum absolute atomic E-state index is 12.6. The van der Waals surface area contributed by atoms with Crippen LogP contribution >= 0.6 is 0 Å². The van der Waals surface area contributed by atoms with Gasteiger partial charge in [-0.3, -0.25) is 9.59 Å². The maximum atomic E-state index is 12.6. The first-order valence-corrected chi connectivity index (χ1v) is 11.5. The fourth-order valence-corrected chi connectivity index (χ4v) is 5.22. The fourth-order valence-electron chi connectivity index (χ4n) is 5.22. The lowest BCUT2D eigenvalue weighted by Crippen LogP contribution is -2.62. The van der Waals surface area contributed by atoms with Crippen LogP contribution in [0.1, 0.15) is 36.8 Å². The Hall–Kier alpha value is -3.35. The minimum Gasteiger partial charge on any atom is -0.481 e. The molecule has 7 nitrogen and oxygen atoms in total. The summed E-state index contributed by atoms with van der Waals surface area (Å²) in [4.78, 5) is 38.0. The lowest BCUT2D eigenvalue weighted by molar-refractivity contribution is -0.167. The molecule has 3 aliphatic rings. The molecule has 2 unspecified atom stereocenters. The Morgan fingerprint density at radius 3 is 2.24 bits per heavy atom. The first-order valence-electron chi connectivity index (χ1n) is 11.5. The molecule has 1 saturated heterocycles. The van der Waals surface area contributed by atoms with Crippen molar-refractivity contribution >= 4 is 18.0 Å². The van der Waals surface area contributed by atoms with Crippen molar-refractivity contribution in [1.29, 1.82) is 0 Å². The van der Waals surface area contributed by atoms with E-state index in [1.807, 2.05) is 31.2 Å². The van der Waals surface area contributed by atoms with E-state index < -0.39 is 17.5 Å². The molecule has 172 valence electrons. The van der Waals surface area contributed by atoms with E-state index in [2.05, 4.69) is 29.6 Å². The topological polar surface area (TPSA) is 95.9 Å². The Balaban J connectivity index is 1.09. The second-order valence-corrected chi connectivity index (χ2v) is 9.44. The summed E-state index contributed by atoms with van der Waals surface area (Å²) in [5.74, 6) is -0.877. The highest BCUT2D eigenvalue weighted by molar-refractivity contribution is 5.86. The van der Waals surface area contributed by atoms with Crippen LogP contribution in [-0.2, 0) is 14.3 Å². The SMILES string of the molecule is CCC1(C(=O)O)CN(C(=O)C2CC2CNC(=O)OCC2c3ccccc3-c3ccccc32)C1. The smallest absolute Gasteiger partial charge is 0.407 e. The maximum Gasteiger partial charge on any atom is 0.407 e. The van der Waals surface area contributed by atoms with Crippen LogP contribution < -0.4 is 5.32 Å². The number of nitrogens with zero attached hydrogens (tertiary/aromatic N) is 1. The number of amides is 2. The summed E-state index contributed by atoms with van der Waals surface area (Å²) >= 11 is 0. The van der Waals surface area contributed by atoms with Crippen molar-refractivity contribution in [1.82, 2.24) is 10.2 Å². The average Bonchev–Trinajstić information content (AvgIpc) is 3.50. The molecule has 2 fully saturated rings. The van der Waals surface area contributed by atoms with E-state index in [0.717, 1.165) is 0 Å². The number of benzene rings is 2. The molecule has 2 N–H and O–H groups in total. The number of nitrogens with one attached hydrogen (secondary N) is 1. The van der Waals surface area contributed by atoms with Crippen LogP contribution in [-0.4, -0.2) is 54.2 Å². The van der Waals surface area contributed by atoms with Gasteiger partial charge in [-0.2, -0.15) is 0 Å². The number of carbonyl (C=O) groups excluding carboxylic acids is 2. The first kappa shape index (κ1) is 21.5. The molecule has 33 heavy (non-hydrogen) atoms. The summed E-state index contributed by atoms with van der Waals surface area (Å²) in [6.07, 6.45) is 0.754. The van der Waals surface area contributed by atoms with E-state index in [9.17, 15) is 19.5 Å². The van der Waals surface area contributed by atoms with Gasteiger partial charge in [0.1, 0.15) is 12.0 Å².